The molecule has 0 bridgehead atoms. The van der Waals surface area contributed by atoms with E-state index in [9.17, 15) is 0 Å². The summed E-state index contributed by atoms with van der Waals surface area (Å²) in [7, 11) is 0. The summed E-state index contributed by atoms with van der Waals surface area (Å²) in [5.41, 5.74) is 18.8. The Bertz CT molecular complexity index is 5350. The first kappa shape index (κ1) is 117. The van der Waals surface area contributed by atoms with E-state index >= 15 is 0 Å². The van der Waals surface area contributed by atoms with Crippen LogP contribution in [0.5, 0.6) is 69.0 Å². The molecule has 0 aliphatic carbocycles. The van der Waals surface area contributed by atoms with Crippen molar-refractivity contribution >= 4 is 0 Å². The first-order valence-electron chi connectivity index (χ1n) is 45.0. The van der Waals surface area contributed by atoms with Crippen molar-refractivity contribution < 1.29 is 146 Å². The molecule has 5 radical (unpaired) electrons. The number of hydrogen-bond acceptors (Lipinski definition) is 15. The van der Waals surface area contributed by atoms with Crippen LogP contribution in [0, 0.1) is 99.6 Å². The van der Waals surface area contributed by atoms with Crippen molar-refractivity contribution in [2.24, 2.45) is 0 Å². The molecular weight excluding hydrogens is 2510 g/mol. The van der Waals surface area contributed by atoms with Gasteiger partial charge >= 0.3 is 99.0 Å². The summed E-state index contributed by atoms with van der Waals surface area (Å²) < 4.78 is 60.4. The van der Waals surface area contributed by atoms with Gasteiger partial charge in [-0.3, -0.25) is 0 Å². The molecule has 5 aromatic heterocycles. The van der Waals surface area contributed by atoms with Crippen LogP contribution in [-0.2, 0) is 99.0 Å². The van der Waals surface area contributed by atoms with Gasteiger partial charge in [0.2, 0.25) is 0 Å². The van der Waals surface area contributed by atoms with Gasteiger partial charge in [0.15, 0.2) is 0 Å². The fraction of sp³-hybridized carbons (Fsp3) is 0.396. The molecule has 7 aromatic carbocycles. The van der Waals surface area contributed by atoms with E-state index in [1.807, 2.05) is 289 Å². The van der Waals surface area contributed by atoms with Gasteiger partial charge in [0.25, 0.3) is 0 Å². The third-order valence-corrected chi connectivity index (χ3v) is 19.8. The van der Waals surface area contributed by atoms with Crippen LogP contribution >= 0.6 is 0 Å². The van der Waals surface area contributed by atoms with Crippen molar-refractivity contribution in [3.05, 3.63) is 269 Å². The Morgan fingerprint density at radius 2 is 0.595 bits per heavy atom. The maximum absolute atomic E-state index is 6.33. The molecule has 20 heteroatoms. The molecule has 0 N–H and O–H groups in total. The Kier molecular flexibility index (Phi) is 53.4. The maximum atomic E-state index is 6.33. The van der Waals surface area contributed by atoms with Crippen LogP contribution in [0.25, 0.3) is 56.3 Å². The van der Waals surface area contributed by atoms with Crippen LogP contribution in [-0.4, -0.2) is 74.8 Å². The minimum Gasteiger partial charge on any atom is -0.537 e. The van der Waals surface area contributed by atoms with Gasteiger partial charge in [0.1, 0.15) is 11.5 Å². The van der Waals surface area contributed by atoms with Crippen molar-refractivity contribution in [1.29, 1.82) is 0 Å². The largest absolute Gasteiger partial charge is 1.00 e. The molecule has 0 atom stereocenters. The van der Waals surface area contributed by atoms with E-state index in [1.54, 1.807) is 12.4 Å². The third kappa shape index (κ3) is 38.4. The number of para-hydroxylation sites is 2. The minimum atomic E-state index is -0.322. The van der Waals surface area contributed by atoms with E-state index in [4.69, 9.17) is 47.4 Å². The van der Waals surface area contributed by atoms with E-state index in [2.05, 4.69) is 103 Å². The van der Waals surface area contributed by atoms with Gasteiger partial charge in [0, 0.05) is 77.0 Å². The zero-order valence-electron chi connectivity index (χ0n) is 81.4. The number of hydrogen-bond donors (Lipinski definition) is 0. The summed E-state index contributed by atoms with van der Waals surface area (Å²) in [5.74, 6) is 9.46. The predicted molar refractivity (Wildman–Crippen MR) is 515 cm³/mol. The van der Waals surface area contributed by atoms with Gasteiger partial charge in [-0.15, -0.1) is 60.7 Å². The van der Waals surface area contributed by atoms with Crippen molar-refractivity contribution in [3.8, 4) is 125 Å². The normalized spacial score (nSPS) is 10.6. The van der Waals surface area contributed by atoms with E-state index in [-0.39, 0.29) is 122 Å². The molecule has 12 aromatic rings. The standard InChI is InChI=1S/C29H44NO2.C25H20NO2.C21H28NO2.C19H24NO2.C17H20NO2.5Os/c1-5-7-9-11-13-15-21-31-28-18-17-26(27-23-24(3)19-20-30-27)29(25(28)4)32-22-16-14-12-10-8-6-2;1-18-15-16-26-23(17-18)22-13-14-24(27-20-9-5-3-6-10-20)19(2)25(22)28-21-11-7-4-8-12-21;1-14-11-12-22-17(13-14)16-9-10-18(23-20(3,4)5)15(2)19(16)24-21(6,7)8;1-12(2)21-18-8-7-16(17-11-14(5)9-10-20-17)19(15(18)6)22-13(3)4;1-5-19-16-8-7-14(17(13(16)4)20-6-2)15-11-12(3)9-10-18-15;;;;;/h18-20,23H,5-16,21-22H2,1-4H3;3-12,14-17H,1-2H3;10-13H,1-8H3;8-13H,1-6H3;8-11H,5-6H2,1-4H3;;;;;/q5*-1;5*+1. The van der Waals surface area contributed by atoms with Crippen molar-refractivity contribution in [2.45, 2.75) is 267 Å². The first-order chi connectivity index (χ1) is 60.4. The summed E-state index contributed by atoms with van der Waals surface area (Å²) in [6, 6.07) is 65.6. The van der Waals surface area contributed by atoms with Crippen LogP contribution in [0.1, 0.15) is 230 Å². The monoisotopic (exact) mass is 2660 g/mol. The zero-order chi connectivity index (χ0) is 91.3. The maximum Gasteiger partial charge on any atom is 1.00 e. The molecule has 0 amide bonds. The summed E-state index contributed by atoms with van der Waals surface area (Å²) in [6.07, 6.45) is 24.4. The summed E-state index contributed by atoms with van der Waals surface area (Å²) in [6.45, 7) is 51.8. The van der Waals surface area contributed by atoms with Crippen LogP contribution in [0.4, 0.5) is 0 Å². The van der Waals surface area contributed by atoms with Gasteiger partial charge in [0.05, 0.1) is 61.3 Å². The van der Waals surface area contributed by atoms with Crippen LogP contribution < -0.4 is 47.4 Å². The number of ether oxygens (including phenoxy) is 10. The van der Waals surface area contributed by atoms with E-state index < -0.39 is 0 Å². The molecule has 0 aliphatic rings. The molecule has 0 saturated heterocycles. The second-order valence-electron chi connectivity index (χ2n) is 34.2. The van der Waals surface area contributed by atoms with Gasteiger partial charge in [-0.2, -0.15) is 0 Å². The number of aromatic nitrogens is 5. The SMILES string of the molecule is CCCCCCCCOc1c[c-]c(-c2cc(C)ccn2)c(OCCCCCCCC)c1C.CCOc1c[c-]c(-c2cc(C)ccn2)c(OCC)c1C.Cc1ccnc(-c2[c-]cc(OC(C)(C)C)c(C)c2OC(C)(C)C)c1.Cc1ccnc(-c2[c-]cc(OC(C)C)c(C)c2OC(C)C)c1.Cc1ccnc(-c2[c-]cc(Oc3ccccc3)c(C)c2Oc2ccccc2)c1.[Os+].[Os+].[Os+].[Os+].[Os+]. The molecule has 5 heterocycles. The number of aryl methyl sites for hydroxylation is 5. The average molecular weight is 2650 g/mol. The number of pyridine rings is 5. The Morgan fingerprint density at radius 3 is 0.977 bits per heavy atom. The molecule has 12 rings (SSSR count). The number of benzene rings is 7. The smallest absolute Gasteiger partial charge is 0.537 e. The second-order valence-corrected chi connectivity index (χ2v) is 34.2. The van der Waals surface area contributed by atoms with E-state index in [0.29, 0.717) is 24.7 Å². The zero-order valence-corrected chi connectivity index (χ0v) is 94.1. The quantitative estimate of drug-likeness (QED) is 0.0273. The molecule has 0 fully saturated rings. The number of nitrogens with zero attached hydrogens (tertiary/aromatic N) is 5. The molecule has 131 heavy (non-hydrogen) atoms. The van der Waals surface area contributed by atoms with Crippen molar-refractivity contribution in [3.63, 3.8) is 0 Å². The van der Waals surface area contributed by atoms with E-state index in [1.165, 1.54) is 69.8 Å². The molecule has 15 nitrogen and oxygen atoms in total. The van der Waals surface area contributed by atoms with Crippen molar-refractivity contribution in [2.75, 3.05) is 26.4 Å². The van der Waals surface area contributed by atoms with E-state index in [0.717, 1.165) is 190 Å². The number of rotatable bonds is 35. The van der Waals surface area contributed by atoms with Gasteiger partial charge in [-0.05, 0) is 219 Å². The molecule has 0 aliphatic heterocycles. The Balaban J connectivity index is 0.000000422. The van der Waals surface area contributed by atoms with Gasteiger partial charge in [-0.1, -0.05) is 257 Å². The van der Waals surface area contributed by atoms with Crippen LogP contribution in [0.15, 0.2) is 183 Å². The van der Waals surface area contributed by atoms with Gasteiger partial charge < -0.3 is 72.3 Å². The van der Waals surface area contributed by atoms with Crippen LogP contribution in [0.2, 0.25) is 0 Å². The third-order valence-electron chi connectivity index (χ3n) is 19.8. The average Bonchev–Trinajstić information content (AvgIpc) is 0.807. The number of unbranched alkanes of at least 4 members (excludes halogenated alkanes) is 10. The fourth-order valence-corrected chi connectivity index (χ4v) is 13.5. The fourth-order valence-electron chi connectivity index (χ4n) is 13.5. The summed E-state index contributed by atoms with van der Waals surface area (Å²) in [4.78, 5) is 22.5. The topological polar surface area (TPSA) is 157 Å². The summed E-state index contributed by atoms with van der Waals surface area (Å²) in [5, 5.41) is 0. The van der Waals surface area contributed by atoms with Crippen molar-refractivity contribution in [1.82, 2.24) is 24.9 Å². The molecule has 0 saturated carbocycles. The Hall–Kier alpha value is -8.53. The molecule has 0 unspecified atom stereocenters. The Morgan fingerprint density at radius 1 is 0.290 bits per heavy atom. The second kappa shape index (κ2) is 60.0. The summed E-state index contributed by atoms with van der Waals surface area (Å²) >= 11 is 0. The molecular formula is C111H136N5O10Os5. The molecule has 0 spiro atoms. The Labute approximate surface area is 850 Å². The van der Waals surface area contributed by atoms with Crippen LogP contribution in [0.3, 0.4) is 0 Å². The first-order valence-corrected chi connectivity index (χ1v) is 45.0. The predicted octanol–water partition coefficient (Wildman–Crippen LogP) is 29.6. The van der Waals surface area contributed by atoms with Gasteiger partial charge in [-0.25, -0.2) is 0 Å². The minimum absolute atomic E-state index is 0. The molecule has 705 valence electrons.